The maximum atomic E-state index is 12.9. The van der Waals surface area contributed by atoms with E-state index in [0.717, 1.165) is 13.1 Å². The van der Waals surface area contributed by atoms with E-state index in [1.165, 1.54) is 11.3 Å². The van der Waals surface area contributed by atoms with Gasteiger partial charge in [0.2, 0.25) is 11.8 Å². The zero-order valence-electron chi connectivity index (χ0n) is 16.9. The standard InChI is InChI=1S/C23H27N3O3/c1-16-6-5-7-17(14-16)25-10-12-26(13-11-25)23(28)19-15-18(19)22(27)24-20-8-3-4-9-21(20)29-2/h3-9,14,18-19H,10-13,15H2,1-2H3,(H,24,27). The number of carbonyl (C=O) groups is 2. The van der Waals surface area contributed by atoms with E-state index in [1.807, 2.05) is 17.0 Å². The van der Waals surface area contributed by atoms with Gasteiger partial charge >= 0.3 is 0 Å². The first-order valence-corrected chi connectivity index (χ1v) is 10.1. The number of carbonyl (C=O) groups excluding carboxylic acids is 2. The van der Waals surface area contributed by atoms with E-state index in [1.54, 1.807) is 19.2 Å². The quantitative estimate of drug-likeness (QED) is 0.849. The van der Waals surface area contributed by atoms with Crippen molar-refractivity contribution < 1.29 is 14.3 Å². The third-order valence-corrected chi connectivity index (χ3v) is 5.77. The van der Waals surface area contributed by atoms with Gasteiger partial charge in [0.25, 0.3) is 0 Å². The Kier molecular flexibility index (Phi) is 5.43. The molecule has 0 spiro atoms. The average Bonchev–Trinajstić information content (AvgIpc) is 3.55. The molecule has 0 radical (unpaired) electrons. The summed E-state index contributed by atoms with van der Waals surface area (Å²) >= 11 is 0. The van der Waals surface area contributed by atoms with Gasteiger partial charge in [-0.2, -0.15) is 0 Å². The Morgan fingerprint density at radius 3 is 2.48 bits per heavy atom. The van der Waals surface area contributed by atoms with Crippen molar-refractivity contribution in [3.8, 4) is 5.75 Å². The summed E-state index contributed by atoms with van der Waals surface area (Å²) in [4.78, 5) is 29.6. The molecule has 0 aromatic heterocycles. The first kappa shape index (κ1) is 19.3. The highest BCUT2D eigenvalue weighted by Crippen LogP contribution is 2.41. The van der Waals surface area contributed by atoms with E-state index in [0.29, 0.717) is 30.9 Å². The number of methoxy groups -OCH3 is 1. The van der Waals surface area contributed by atoms with E-state index >= 15 is 0 Å². The summed E-state index contributed by atoms with van der Waals surface area (Å²) in [5, 5.41) is 2.90. The lowest BCUT2D eigenvalue weighted by molar-refractivity contribution is -0.134. The van der Waals surface area contributed by atoms with Gasteiger partial charge in [-0.25, -0.2) is 0 Å². The first-order valence-electron chi connectivity index (χ1n) is 10.1. The van der Waals surface area contributed by atoms with Gasteiger partial charge in [-0.05, 0) is 43.2 Å². The second-order valence-electron chi connectivity index (χ2n) is 7.79. The Morgan fingerprint density at radius 1 is 1.00 bits per heavy atom. The SMILES string of the molecule is COc1ccccc1NC(=O)C1CC1C(=O)N1CCN(c2cccc(C)c2)CC1. The molecule has 2 atom stereocenters. The number of hydrogen-bond acceptors (Lipinski definition) is 4. The van der Waals surface area contributed by atoms with Crippen LogP contribution in [0.15, 0.2) is 48.5 Å². The van der Waals surface area contributed by atoms with Gasteiger partial charge in [-0.3, -0.25) is 9.59 Å². The Labute approximate surface area is 171 Å². The lowest BCUT2D eigenvalue weighted by atomic mass is 10.2. The monoisotopic (exact) mass is 393 g/mol. The number of amides is 2. The van der Waals surface area contributed by atoms with E-state index < -0.39 is 0 Å². The van der Waals surface area contributed by atoms with Crippen LogP contribution in [0.2, 0.25) is 0 Å². The van der Waals surface area contributed by atoms with Crippen molar-refractivity contribution in [3.63, 3.8) is 0 Å². The fourth-order valence-corrected chi connectivity index (χ4v) is 3.98. The fourth-order valence-electron chi connectivity index (χ4n) is 3.98. The number of benzene rings is 2. The molecule has 2 aliphatic rings. The lowest BCUT2D eigenvalue weighted by Gasteiger charge is -2.36. The van der Waals surface area contributed by atoms with Crippen LogP contribution in [0.25, 0.3) is 0 Å². The van der Waals surface area contributed by atoms with Gasteiger partial charge in [0, 0.05) is 31.9 Å². The van der Waals surface area contributed by atoms with Gasteiger partial charge in [-0.15, -0.1) is 0 Å². The zero-order valence-corrected chi connectivity index (χ0v) is 16.9. The predicted molar refractivity (Wildman–Crippen MR) is 113 cm³/mol. The molecule has 1 heterocycles. The van der Waals surface area contributed by atoms with Crippen LogP contribution in [0.3, 0.4) is 0 Å². The summed E-state index contributed by atoms with van der Waals surface area (Å²) in [6, 6.07) is 15.8. The molecule has 0 bridgehead atoms. The van der Waals surface area contributed by atoms with E-state index in [9.17, 15) is 9.59 Å². The maximum Gasteiger partial charge on any atom is 0.228 e. The number of aryl methyl sites for hydroxylation is 1. The largest absolute Gasteiger partial charge is 0.495 e. The number of anilines is 2. The molecule has 152 valence electrons. The Morgan fingerprint density at radius 2 is 1.76 bits per heavy atom. The van der Waals surface area contributed by atoms with Crippen molar-refractivity contribution in [1.29, 1.82) is 0 Å². The topological polar surface area (TPSA) is 61.9 Å². The second-order valence-corrected chi connectivity index (χ2v) is 7.79. The van der Waals surface area contributed by atoms with Crippen LogP contribution in [0.1, 0.15) is 12.0 Å². The van der Waals surface area contributed by atoms with Crippen LogP contribution in [-0.4, -0.2) is 50.0 Å². The summed E-state index contributed by atoms with van der Waals surface area (Å²) in [6.07, 6.45) is 0.623. The molecule has 1 N–H and O–H groups in total. The van der Waals surface area contributed by atoms with Gasteiger partial charge in [0.15, 0.2) is 0 Å². The lowest BCUT2D eigenvalue weighted by Crippen LogP contribution is -2.49. The number of hydrogen-bond donors (Lipinski definition) is 1. The number of para-hydroxylation sites is 2. The fraction of sp³-hybridized carbons (Fsp3) is 0.391. The number of nitrogens with one attached hydrogen (secondary N) is 1. The van der Waals surface area contributed by atoms with Gasteiger partial charge in [0.1, 0.15) is 5.75 Å². The van der Waals surface area contributed by atoms with Crippen LogP contribution in [0.5, 0.6) is 5.75 Å². The summed E-state index contributed by atoms with van der Waals surface area (Å²) in [5.74, 6) is 0.175. The molecule has 1 saturated heterocycles. The predicted octanol–water partition coefficient (Wildman–Crippen LogP) is 2.93. The van der Waals surface area contributed by atoms with Crippen molar-refractivity contribution in [2.45, 2.75) is 13.3 Å². The van der Waals surface area contributed by atoms with Gasteiger partial charge < -0.3 is 19.9 Å². The summed E-state index contributed by atoms with van der Waals surface area (Å²) in [5.41, 5.74) is 3.09. The number of ether oxygens (including phenoxy) is 1. The van der Waals surface area contributed by atoms with Crippen molar-refractivity contribution in [2.24, 2.45) is 11.8 Å². The van der Waals surface area contributed by atoms with Crippen LogP contribution < -0.4 is 15.0 Å². The minimum atomic E-state index is -0.248. The average molecular weight is 393 g/mol. The molecule has 2 aromatic rings. The Bertz CT molecular complexity index is 906. The number of nitrogens with zero attached hydrogens (tertiary/aromatic N) is 2. The second kappa shape index (κ2) is 8.15. The highest BCUT2D eigenvalue weighted by atomic mass is 16.5. The molecule has 2 aromatic carbocycles. The molecule has 4 rings (SSSR count). The molecule has 1 saturated carbocycles. The summed E-state index contributed by atoms with van der Waals surface area (Å²) < 4.78 is 5.28. The Hall–Kier alpha value is -3.02. The van der Waals surface area contributed by atoms with E-state index in [4.69, 9.17) is 4.74 Å². The van der Waals surface area contributed by atoms with E-state index in [-0.39, 0.29) is 23.7 Å². The number of rotatable bonds is 5. The maximum absolute atomic E-state index is 12.9. The molecule has 1 aliphatic carbocycles. The minimum absolute atomic E-state index is 0.105. The van der Waals surface area contributed by atoms with Crippen LogP contribution in [0.4, 0.5) is 11.4 Å². The molecule has 2 amide bonds. The number of piperazine rings is 1. The van der Waals surface area contributed by atoms with Crippen molar-refractivity contribution in [3.05, 3.63) is 54.1 Å². The molecular weight excluding hydrogens is 366 g/mol. The molecule has 6 nitrogen and oxygen atoms in total. The Balaban J connectivity index is 1.30. The summed E-state index contributed by atoms with van der Waals surface area (Å²) in [7, 11) is 1.57. The molecule has 2 unspecified atom stereocenters. The molecule has 2 fully saturated rings. The first-order chi connectivity index (χ1) is 14.1. The van der Waals surface area contributed by atoms with Crippen LogP contribution in [0, 0.1) is 18.8 Å². The molecule has 29 heavy (non-hydrogen) atoms. The highest BCUT2D eigenvalue weighted by molar-refractivity contribution is 6.00. The van der Waals surface area contributed by atoms with Gasteiger partial charge in [0.05, 0.1) is 24.6 Å². The zero-order chi connectivity index (χ0) is 20.4. The van der Waals surface area contributed by atoms with Crippen molar-refractivity contribution in [2.75, 3.05) is 43.5 Å². The van der Waals surface area contributed by atoms with E-state index in [2.05, 4.69) is 41.4 Å². The molecule has 6 heteroatoms. The molecule has 1 aliphatic heterocycles. The normalized spacial score (nSPS) is 20.9. The van der Waals surface area contributed by atoms with Crippen LogP contribution in [-0.2, 0) is 9.59 Å². The third-order valence-electron chi connectivity index (χ3n) is 5.77. The van der Waals surface area contributed by atoms with Crippen molar-refractivity contribution >= 4 is 23.2 Å². The summed E-state index contributed by atoms with van der Waals surface area (Å²) in [6.45, 7) is 5.13. The van der Waals surface area contributed by atoms with Crippen molar-refractivity contribution in [1.82, 2.24) is 4.90 Å². The molecular formula is C23H27N3O3. The smallest absolute Gasteiger partial charge is 0.228 e. The third kappa shape index (κ3) is 4.21. The highest BCUT2D eigenvalue weighted by Gasteiger charge is 2.49. The minimum Gasteiger partial charge on any atom is -0.495 e. The van der Waals surface area contributed by atoms with Gasteiger partial charge in [-0.1, -0.05) is 24.3 Å². The van der Waals surface area contributed by atoms with Crippen LogP contribution >= 0.6 is 0 Å².